The highest BCUT2D eigenvalue weighted by molar-refractivity contribution is 5.83. The van der Waals surface area contributed by atoms with Crippen LogP contribution in [0.3, 0.4) is 0 Å². The number of ether oxygens (including phenoxy) is 1. The van der Waals surface area contributed by atoms with Crippen molar-refractivity contribution in [3.05, 3.63) is 80.9 Å². The van der Waals surface area contributed by atoms with Gasteiger partial charge in [0.25, 0.3) is 5.56 Å². The molecule has 0 atom stereocenters. The van der Waals surface area contributed by atoms with Crippen molar-refractivity contribution in [3.8, 4) is 5.75 Å². The number of pyridine rings is 1. The fourth-order valence-corrected chi connectivity index (χ4v) is 5.36. The second-order valence-corrected chi connectivity index (χ2v) is 9.96. The number of aryl methyl sites for hydroxylation is 2. The van der Waals surface area contributed by atoms with E-state index in [4.69, 9.17) is 4.74 Å². The molecule has 2 aromatic heterocycles. The van der Waals surface area contributed by atoms with Crippen LogP contribution in [0.5, 0.6) is 5.75 Å². The number of nitrogens with zero attached hydrogens (tertiary/aromatic N) is 5. The van der Waals surface area contributed by atoms with Gasteiger partial charge in [0, 0.05) is 29.1 Å². The Labute approximate surface area is 211 Å². The zero-order valence-corrected chi connectivity index (χ0v) is 21.3. The Kier molecular flexibility index (Phi) is 7.13. The number of nitrogens with one attached hydrogen (secondary N) is 1. The van der Waals surface area contributed by atoms with Gasteiger partial charge in [-0.25, -0.2) is 4.68 Å². The summed E-state index contributed by atoms with van der Waals surface area (Å²) in [6.45, 7) is 5.90. The van der Waals surface area contributed by atoms with Gasteiger partial charge in [0.2, 0.25) is 0 Å². The summed E-state index contributed by atoms with van der Waals surface area (Å²) in [5.74, 6) is 1.63. The molecule has 1 aliphatic carbocycles. The predicted molar refractivity (Wildman–Crippen MR) is 140 cm³/mol. The molecule has 5 rings (SSSR count). The van der Waals surface area contributed by atoms with Gasteiger partial charge in [-0.1, -0.05) is 37.5 Å². The minimum absolute atomic E-state index is 0.0221. The van der Waals surface area contributed by atoms with E-state index < -0.39 is 0 Å². The number of methoxy groups -OCH3 is 1. The third-order valence-corrected chi connectivity index (χ3v) is 7.30. The summed E-state index contributed by atoms with van der Waals surface area (Å²) in [7, 11) is 1.66. The molecule has 0 aliphatic heterocycles. The maximum absolute atomic E-state index is 13.1. The van der Waals surface area contributed by atoms with E-state index in [9.17, 15) is 4.79 Å². The minimum atomic E-state index is -0.0221. The maximum Gasteiger partial charge on any atom is 0.252 e. The lowest BCUT2D eigenvalue weighted by atomic mass is 9.93. The molecule has 2 aromatic carbocycles. The number of hydrogen-bond donors (Lipinski definition) is 1. The summed E-state index contributed by atoms with van der Waals surface area (Å²) < 4.78 is 7.13. The predicted octanol–water partition coefficient (Wildman–Crippen LogP) is 4.52. The Bertz CT molecular complexity index is 1390. The van der Waals surface area contributed by atoms with E-state index >= 15 is 0 Å². The van der Waals surface area contributed by atoms with Crippen molar-refractivity contribution in [3.63, 3.8) is 0 Å². The lowest BCUT2D eigenvalue weighted by molar-refractivity contribution is 0.134. The SMILES string of the molecule is COc1ccc(Cn2nnnc2CN(Cc2cc3c(C)cc(C)cc3[nH]c2=O)C2CCCCC2)cc1. The molecule has 0 radical (unpaired) electrons. The van der Waals surface area contributed by atoms with Crippen LogP contribution >= 0.6 is 0 Å². The van der Waals surface area contributed by atoms with Crippen molar-refractivity contribution >= 4 is 10.9 Å². The highest BCUT2D eigenvalue weighted by Gasteiger charge is 2.24. The van der Waals surface area contributed by atoms with E-state index in [1.165, 1.54) is 24.8 Å². The molecule has 0 spiro atoms. The number of fused-ring (bicyclic) bond motifs is 1. The molecule has 2 heterocycles. The standard InChI is InChI=1S/C28H34N6O2/c1-19-13-20(2)25-15-22(28(35)29-26(25)14-19)17-33(23-7-5-4-6-8-23)18-27-30-31-32-34(27)16-21-9-11-24(36-3)12-10-21/h9-15,23H,4-8,16-18H2,1-3H3,(H,29,35). The Hall–Kier alpha value is -3.52. The van der Waals surface area contributed by atoms with Crippen molar-refractivity contribution in [2.45, 2.75) is 71.6 Å². The Morgan fingerprint density at radius 3 is 2.58 bits per heavy atom. The van der Waals surface area contributed by atoms with E-state index in [2.05, 4.69) is 51.4 Å². The molecule has 1 aliphatic rings. The van der Waals surface area contributed by atoms with E-state index in [0.29, 0.717) is 25.7 Å². The van der Waals surface area contributed by atoms with E-state index in [1.807, 2.05) is 35.0 Å². The number of aromatic nitrogens is 5. The summed E-state index contributed by atoms with van der Waals surface area (Å²) in [5.41, 5.74) is 5.09. The summed E-state index contributed by atoms with van der Waals surface area (Å²) in [5, 5.41) is 13.7. The molecule has 8 heteroatoms. The van der Waals surface area contributed by atoms with Gasteiger partial charge < -0.3 is 9.72 Å². The number of rotatable bonds is 8. The van der Waals surface area contributed by atoms with Gasteiger partial charge in [-0.05, 0) is 78.1 Å². The van der Waals surface area contributed by atoms with Gasteiger partial charge in [0.1, 0.15) is 5.75 Å². The first-order chi connectivity index (χ1) is 17.5. The highest BCUT2D eigenvalue weighted by Crippen LogP contribution is 2.26. The van der Waals surface area contributed by atoms with Crippen molar-refractivity contribution < 1.29 is 4.74 Å². The van der Waals surface area contributed by atoms with Gasteiger partial charge in [-0.3, -0.25) is 9.69 Å². The van der Waals surface area contributed by atoms with Gasteiger partial charge >= 0.3 is 0 Å². The molecule has 8 nitrogen and oxygen atoms in total. The van der Waals surface area contributed by atoms with Gasteiger partial charge in [0.05, 0.1) is 20.2 Å². The number of hydrogen-bond acceptors (Lipinski definition) is 6. The molecule has 1 fully saturated rings. The average molecular weight is 487 g/mol. The van der Waals surface area contributed by atoms with Crippen LogP contribution in [-0.2, 0) is 19.6 Å². The molecule has 0 saturated heterocycles. The molecular formula is C28H34N6O2. The third kappa shape index (κ3) is 5.33. The van der Waals surface area contributed by atoms with Crippen molar-refractivity contribution in [2.24, 2.45) is 0 Å². The summed E-state index contributed by atoms with van der Waals surface area (Å²) in [6.07, 6.45) is 5.96. The first kappa shape index (κ1) is 24.2. The average Bonchev–Trinajstić information content (AvgIpc) is 3.31. The topological polar surface area (TPSA) is 88.9 Å². The molecule has 1 N–H and O–H groups in total. The van der Waals surface area contributed by atoms with Crippen LogP contribution in [0.15, 0.2) is 47.3 Å². The van der Waals surface area contributed by atoms with Crippen LogP contribution in [0.1, 0.15) is 60.2 Å². The quantitative estimate of drug-likeness (QED) is 0.394. The zero-order chi connectivity index (χ0) is 25.1. The summed E-state index contributed by atoms with van der Waals surface area (Å²) in [6, 6.07) is 14.6. The van der Waals surface area contributed by atoms with Crippen LogP contribution in [0, 0.1) is 13.8 Å². The monoisotopic (exact) mass is 486 g/mol. The molecule has 0 unspecified atom stereocenters. The smallest absolute Gasteiger partial charge is 0.252 e. The largest absolute Gasteiger partial charge is 0.497 e. The summed E-state index contributed by atoms with van der Waals surface area (Å²) >= 11 is 0. The molecule has 0 amide bonds. The number of H-pyrrole nitrogens is 1. The second-order valence-electron chi connectivity index (χ2n) is 9.96. The Morgan fingerprint density at radius 1 is 1.06 bits per heavy atom. The Morgan fingerprint density at radius 2 is 1.83 bits per heavy atom. The second kappa shape index (κ2) is 10.6. The van der Waals surface area contributed by atoms with E-state index in [0.717, 1.165) is 52.0 Å². The third-order valence-electron chi connectivity index (χ3n) is 7.30. The van der Waals surface area contributed by atoms with Crippen LogP contribution in [0.25, 0.3) is 10.9 Å². The number of benzene rings is 2. The lowest BCUT2D eigenvalue weighted by Crippen LogP contribution is -2.38. The minimum Gasteiger partial charge on any atom is -0.497 e. The fraction of sp³-hybridized carbons (Fsp3) is 0.429. The van der Waals surface area contributed by atoms with Crippen LogP contribution in [-0.4, -0.2) is 43.2 Å². The van der Waals surface area contributed by atoms with Crippen LogP contribution in [0.2, 0.25) is 0 Å². The summed E-state index contributed by atoms with van der Waals surface area (Å²) in [4.78, 5) is 18.6. The first-order valence-corrected chi connectivity index (χ1v) is 12.8. The van der Waals surface area contributed by atoms with Crippen LogP contribution in [0.4, 0.5) is 0 Å². The van der Waals surface area contributed by atoms with Crippen molar-refractivity contribution in [1.29, 1.82) is 0 Å². The number of aromatic amines is 1. The maximum atomic E-state index is 13.1. The molecule has 1 saturated carbocycles. The lowest BCUT2D eigenvalue weighted by Gasteiger charge is -2.33. The van der Waals surface area contributed by atoms with Gasteiger partial charge in [-0.15, -0.1) is 5.10 Å². The zero-order valence-electron chi connectivity index (χ0n) is 21.3. The molecule has 36 heavy (non-hydrogen) atoms. The normalized spacial score (nSPS) is 14.6. The van der Waals surface area contributed by atoms with Gasteiger partial charge in [0.15, 0.2) is 5.82 Å². The highest BCUT2D eigenvalue weighted by atomic mass is 16.5. The molecule has 0 bridgehead atoms. The number of tetrazole rings is 1. The van der Waals surface area contributed by atoms with Gasteiger partial charge in [-0.2, -0.15) is 0 Å². The molecule has 188 valence electrons. The van der Waals surface area contributed by atoms with Crippen LogP contribution < -0.4 is 10.3 Å². The fourth-order valence-electron chi connectivity index (χ4n) is 5.36. The first-order valence-electron chi connectivity index (χ1n) is 12.8. The Balaban J connectivity index is 1.42. The van der Waals surface area contributed by atoms with Crippen molar-refractivity contribution in [1.82, 2.24) is 30.1 Å². The van der Waals surface area contributed by atoms with E-state index in [-0.39, 0.29) is 5.56 Å². The van der Waals surface area contributed by atoms with Crippen molar-refractivity contribution in [2.75, 3.05) is 7.11 Å². The van der Waals surface area contributed by atoms with E-state index in [1.54, 1.807) is 7.11 Å². The molecular weight excluding hydrogens is 452 g/mol. The molecule has 4 aromatic rings.